The van der Waals surface area contributed by atoms with Gasteiger partial charge in [-0.25, -0.2) is 0 Å². The van der Waals surface area contributed by atoms with Crippen molar-refractivity contribution in [2.75, 3.05) is 19.6 Å². The topological polar surface area (TPSA) is 15.3 Å². The fourth-order valence-electron chi connectivity index (χ4n) is 2.32. The van der Waals surface area contributed by atoms with E-state index in [0.717, 1.165) is 26.2 Å². The molecule has 1 atom stereocenters. The minimum Gasteiger partial charge on any atom is -0.316 e. The van der Waals surface area contributed by atoms with E-state index in [9.17, 15) is 0 Å². The first kappa shape index (κ1) is 16.2. The number of nitrogens with zero attached hydrogens (tertiary/aromatic N) is 1. The van der Waals surface area contributed by atoms with Crippen molar-refractivity contribution in [2.24, 2.45) is 0 Å². The number of nitrogens with one attached hydrogen (secondary N) is 1. The van der Waals surface area contributed by atoms with E-state index in [0.29, 0.717) is 12.0 Å². The van der Waals surface area contributed by atoms with Gasteiger partial charge in [-0.2, -0.15) is 0 Å². The van der Waals surface area contributed by atoms with Gasteiger partial charge < -0.3 is 5.32 Å². The molecule has 0 saturated carbocycles. The Morgan fingerprint density at radius 2 is 1.68 bits per heavy atom. The zero-order valence-electron chi connectivity index (χ0n) is 13.2. The molecule has 108 valence electrons. The van der Waals surface area contributed by atoms with Gasteiger partial charge in [0.05, 0.1) is 0 Å². The summed E-state index contributed by atoms with van der Waals surface area (Å²) in [6.07, 6.45) is 0. The third kappa shape index (κ3) is 5.33. The third-order valence-corrected chi connectivity index (χ3v) is 3.77. The maximum absolute atomic E-state index is 3.41. The van der Waals surface area contributed by atoms with E-state index in [4.69, 9.17) is 0 Å². The molecule has 0 radical (unpaired) electrons. The van der Waals surface area contributed by atoms with Crippen molar-refractivity contribution in [1.29, 1.82) is 0 Å². The van der Waals surface area contributed by atoms with Crippen LogP contribution in [0.25, 0.3) is 0 Å². The molecule has 2 nitrogen and oxygen atoms in total. The molecule has 1 unspecified atom stereocenters. The minimum absolute atomic E-state index is 0.585. The van der Waals surface area contributed by atoms with E-state index in [-0.39, 0.29) is 0 Å². The van der Waals surface area contributed by atoms with Crippen LogP contribution in [0.2, 0.25) is 0 Å². The second-order valence-electron chi connectivity index (χ2n) is 5.61. The lowest BCUT2D eigenvalue weighted by molar-refractivity contribution is 0.225. The molecule has 0 aromatic heterocycles. The standard InChI is InChI=1S/C17H30N2/c1-6-18-12-15(5)17-10-8-16(9-11-17)13-19(7-2)14(3)4/h8-11,14-15,18H,6-7,12-13H2,1-5H3. The number of benzene rings is 1. The number of rotatable bonds is 8. The Morgan fingerprint density at radius 3 is 2.16 bits per heavy atom. The van der Waals surface area contributed by atoms with Gasteiger partial charge >= 0.3 is 0 Å². The molecule has 2 heteroatoms. The van der Waals surface area contributed by atoms with E-state index >= 15 is 0 Å². The number of hydrogen-bond acceptors (Lipinski definition) is 2. The third-order valence-electron chi connectivity index (χ3n) is 3.77. The molecule has 0 fully saturated rings. The van der Waals surface area contributed by atoms with Crippen molar-refractivity contribution >= 4 is 0 Å². The molecular weight excluding hydrogens is 232 g/mol. The van der Waals surface area contributed by atoms with Gasteiger partial charge in [-0.15, -0.1) is 0 Å². The van der Waals surface area contributed by atoms with Gasteiger partial charge in [0.25, 0.3) is 0 Å². The summed E-state index contributed by atoms with van der Waals surface area (Å²) in [6, 6.07) is 9.74. The maximum atomic E-state index is 3.41. The monoisotopic (exact) mass is 262 g/mol. The predicted octanol–water partition coefficient (Wildman–Crippen LogP) is 3.63. The SMILES string of the molecule is CCNCC(C)c1ccc(CN(CC)C(C)C)cc1. The first-order chi connectivity index (χ1) is 9.08. The Bertz CT molecular complexity index is 343. The summed E-state index contributed by atoms with van der Waals surface area (Å²) in [5, 5.41) is 3.41. The van der Waals surface area contributed by atoms with Gasteiger partial charge in [0, 0.05) is 19.1 Å². The largest absolute Gasteiger partial charge is 0.316 e. The van der Waals surface area contributed by atoms with E-state index in [1.165, 1.54) is 11.1 Å². The summed E-state index contributed by atoms with van der Waals surface area (Å²) < 4.78 is 0. The average molecular weight is 262 g/mol. The second-order valence-corrected chi connectivity index (χ2v) is 5.61. The Balaban J connectivity index is 2.60. The summed E-state index contributed by atoms with van der Waals surface area (Å²) in [7, 11) is 0. The summed E-state index contributed by atoms with van der Waals surface area (Å²) in [6.45, 7) is 15.4. The van der Waals surface area contributed by atoms with Crippen molar-refractivity contribution in [2.45, 2.75) is 53.1 Å². The number of hydrogen-bond donors (Lipinski definition) is 1. The molecule has 0 bridgehead atoms. The van der Waals surface area contributed by atoms with E-state index in [1.807, 2.05) is 0 Å². The summed E-state index contributed by atoms with van der Waals surface area (Å²) in [4.78, 5) is 2.48. The molecule has 0 saturated heterocycles. The van der Waals surface area contributed by atoms with Crippen LogP contribution in [-0.4, -0.2) is 30.6 Å². The van der Waals surface area contributed by atoms with Crippen LogP contribution in [0.15, 0.2) is 24.3 Å². The summed E-state index contributed by atoms with van der Waals surface area (Å²) in [5.41, 5.74) is 2.84. The van der Waals surface area contributed by atoms with Crippen molar-refractivity contribution < 1.29 is 0 Å². The van der Waals surface area contributed by atoms with Gasteiger partial charge in [-0.05, 0) is 44.0 Å². The zero-order valence-corrected chi connectivity index (χ0v) is 13.2. The van der Waals surface area contributed by atoms with Crippen LogP contribution < -0.4 is 5.32 Å². The van der Waals surface area contributed by atoms with Crippen LogP contribution in [0.5, 0.6) is 0 Å². The molecule has 0 amide bonds. The highest BCUT2D eigenvalue weighted by Crippen LogP contribution is 2.16. The van der Waals surface area contributed by atoms with E-state index < -0.39 is 0 Å². The molecule has 1 rings (SSSR count). The van der Waals surface area contributed by atoms with Gasteiger partial charge in [-0.3, -0.25) is 4.90 Å². The Kier molecular flexibility index (Phi) is 7.11. The van der Waals surface area contributed by atoms with Crippen LogP contribution in [0.3, 0.4) is 0 Å². The zero-order chi connectivity index (χ0) is 14.3. The lowest BCUT2D eigenvalue weighted by atomic mass is 9.99. The highest BCUT2D eigenvalue weighted by atomic mass is 15.1. The second kappa shape index (κ2) is 8.34. The average Bonchev–Trinajstić information content (AvgIpc) is 2.42. The lowest BCUT2D eigenvalue weighted by Gasteiger charge is -2.25. The van der Waals surface area contributed by atoms with Gasteiger partial charge in [0.2, 0.25) is 0 Å². The smallest absolute Gasteiger partial charge is 0.0236 e. The molecule has 0 aliphatic heterocycles. The Hall–Kier alpha value is -0.860. The quantitative estimate of drug-likeness (QED) is 0.769. The van der Waals surface area contributed by atoms with Crippen LogP contribution in [0.4, 0.5) is 0 Å². The van der Waals surface area contributed by atoms with Gasteiger partial charge in [0.15, 0.2) is 0 Å². The highest BCUT2D eigenvalue weighted by molar-refractivity contribution is 5.25. The fourth-order valence-corrected chi connectivity index (χ4v) is 2.32. The first-order valence-corrected chi connectivity index (χ1v) is 7.62. The van der Waals surface area contributed by atoms with E-state index in [2.05, 4.69) is 69.1 Å². The summed E-state index contributed by atoms with van der Waals surface area (Å²) >= 11 is 0. The molecule has 0 aliphatic rings. The Morgan fingerprint density at radius 1 is 1.05 bits per heavy atom. The molecular formula is C17H30N2. The lowest BCUT2D eigenvalue weighted by Crippen LogP contribution is -2.29. The summed E-state index contributed by atoms with van der Waals surface area (Å²) in [5.74, 6) is 0.585. The molecule has 0 aliphatic carbocycles. The first-order valence-electron chi connectivity index (χ1n) is 7.62. The van der Waals surface area contributed by atoms with Crippen molar-refractivity contribution in [3.63, 3.8) is 0 Å². The van der Waals surface area contributed by atoms with Gasteiger partial charge in [-0.1, -0.05) is 45.0 Å². The van der Waals surface area contributed by atoms with E-state index in [1.54, 1.807) is 0 Å². The Labute approximate surface area is 119 Å². The van der Waals surface area contributed by atoms with Crippen molar-refractivity contribution in [3.05, 3.63) is 35.4 Å². The normalized spacial score (nSPS) is 13.2. The molecule has 1 aromatic carbocycles. The maximum Gasteiger partial charge on any atom is 0.0236 e. The minimum atomic E-state index is 0.585. The van der Waals surface area contributed by atoms with Crippen LogP contribution in [0.1, 0.15) is 51.7 Å². The molecule has 0 spiro atoms. The highest BCUT2D eigenvalue weighted by Gasteiger charge is 2.09. The van der Waals surface area contributed by atoms with Crippen LogP contribution >= 0.6 is 0 Å². The molecule has 0 heterocycles. The van der Waals surface area contributed by atoms with Crippen molar-refractivity contribution in [3.8, 4) is 0 Å². The predicted molar refractivity (Wildman–Crippen MR) is 84.6 cm³/mol. The van der Waals surface area contributed by atoms with Gasteiger partial charge in [0.1, 0.15) is 0 Å². The molecule has 1 aromatic rings. The van der Waals surface area contributed by atoms with Crippen molar-refractivity contribution in [1.82, 2.24) is 10.2 Å². The molecule has 1 N–H and O–H groups in total. The van der Waals surface area contributed by atoms with Crippen LogP contribution in [0, 0.1) is 0 Å². The van der Waals surface area contributed by atoms with Crippen LogP contribution in [-0.2, 0) is 6.54 Å². The number of likely N-dealkylation sites (N-methyl/N-ethyl adjacent to an activating group) is 1. The molecule has 19 heavy (non-hydrogen) atoms. The fraction of sp³-hybridized carbons (Fsp3) is 0.647.